The number of rotatable bonds is 2. The van der Waals surface area contributed by atoms with E-state index in [1.54, 1.807) is 0 Å². The van der Waals surface area contributed by atoms with E-state index in [4.69, 9.17) is 0 Å². The summed E-state index contributed by atoms with van der Waals surface area (Å²) < 4.78 is 0. The topological polar surface area (TPSA) is 12.0 Å². The predicted octanol–water partition coefficient (Wildman–Crippen LogP) is 3.14. The molecule has 74 valence electrons. The van der Waals surface area contributed by atoms with E-state index in [2.05, 4.69) is 47.8 Å². The first-order chi connectivity index (χ1) is 6.42. The lowest BCUT2D eigenvalue weighted by Crippen LogP contribution is -2.05. The summed E-state index contributed by atoms with van der Waals surface area (Å²) in [6, 6.07) is 14.9. The molecule has 0 bridgehead atoms. The zero-order chi connectivity index (χ0) is 9.10. The zero-order valence-corrected chi connectivity index (χ0v) is 9.87. The highest BCUT2D eigenvalue weighted by Crippen LogP contribution is 2.17. The number of halogens is 1. The van der Waals surface area contributed by atoms with Crippen molar-refractivity contribution in [2.24, 2.45) is 0 Å². The van der Waals surface area contributed by atoms with Crippen molar-refractivity contribution >= 4 is 27.8 Å². The Hall–Kier alpha value is -0.860. The lowest BCUT2D eigenvalue weighted by Gasteiger charge is -2.04. The molecule has 0 aromatic heterocycles. The van der Waals surface area contributed by atoms with Gasteiger partial charge in [0.15, 0.2) is 0 Å². The number of fused-ring (bicyclic) bond motifs is 1. The summed E-state index contributed by atoms with van der Waals surface area (Å²) in [5.41, 5.74) is 1.36. The summed E-state index contributed by atoms with van der Waals surface area (Å²) in [5, 5.41) is 5.84. The van der Waals surface area contributed by atoms with E-state index in [-0.39, 0.29) is 17.0 Å². The van der Waals surface area contributed by atoms with Gasteiger partial charge in [-0.05, 0) is 23.4 Å². The van der Waals surface area contributed by atoms with E-state index in [1.807, 2.05) is 7.05 Å². The van der Waals surface area contributed by atoms with E-state index in [0.29, 0.717) is 0 Å². The fourth-order valence-electron chi connectivity index (χ4n) is 1.64. The van der Waals surface area contributed by atoms with Gasteiger partial charge >= 0.3 is 0 Å². The van der Waals surface area contributed by atoms with Crippen LogP contribution in [-0.4, -0.2) is 7.05 Å². The summed E-state index contributed by atoms with van der Waals surface area (Å²) >= 11 is 0. The van der Waals surface area contributed by atoms with E-state index in [1.165, 1.54) is 16.3 Å². The Morgan fingerprint density at radius 2 is 1.71 bits per heavy atom. The number of hydrogen-bond acceptors (Lipinski definition) is 1. The van der Waals surface area contributed by atoms with Crippen molar-refractivity contribution in [2.75, 3.05) is 7.05 Å². The van der Waals surface area contributed by atoms with Crippen molar-refractivity contribution in [1.29, 1.82) is 0 Å². The van der Waals surface area contributed by atoms with Crippen LogP contribution < -0.4 is 5.32 Å². The predicted molar refractivity (Wildman–Crippen MR) is 67.0 cm³/mol. The molecule has 0 saturated heterocycles. The summed E-state index contributed by atoms with van der Waals surface area (Å²) in [6.45, 7) is 0.932. The Kier molecular flexibility index (Phi) is 4.11. The maximum Gasteiger partial charge on any atom is 0.0208 e. The van der Waals surface area contributed by atoms with Crippen molar-refractivity contribution < 1.29 is 0 Å². The van der Waals surface area contributed by atoms with Gasteiger partial charge < -0.3 is 5.32 Å². The summed E-state index contributed by atoms with van der Waals surface area (Å²) in [5.74, 6) is 0. The second kappa shape index (κ2) is 5.13. The molecular formula is C12H14BrN. The standard InChI is InChI=1S/C12H13N.BrH/c1-13-9-11-7-4-6-10-5-2-3-8-12(10)11;/h2-8,13H,9H2,1H3;1H. The molecule has 2 aromatic carbocycles. The van der Waals surface area contributed by atoms with Gasteiger partial charge in [-0.15, -0.1) is 17.0 Å². The van der Waals surface area contributed by atoms with Crippen LogP contribution in [0.4, 0.5) is 0 Å². The summed E-state index contributed by atoms with van der Waals surface area (Å²) in [7, 11) is 1.97. The largest absolute Gasteiger partial charge is 0.316 e. The minimum Gasteiger partial charge on any atom is -0.316 e. The maximum absolute atomic E-state index is 3.18. The van der Waals surface area contributed by atoms with Gasteiger partial charge in [0.2, 0.25) is 0 Å². The van der Waals surface area contributed by atoms with Crippen molar-refractivity contribution in [2.45, 2.75) is 6.54 Å². The monoisotopic (exact) mass is 251 g/mol. The van der Waals surface area contributed by atoms with E-state index in [0.717, 1.165) is 6.54 Å². The van der Waals surface area contributed by atoms with Crippen LogP contribution in [0.15, 0.2) is 42.5 Å². The Morgan fingerprint density at radius 3 is 2.50 bits per heavy atom. The molecule has 0 atom stereocenters. The first kappa shape index (κ1) is 11.2. The molecule has 1 N–H and O–H groups in total. The van der Waals surface area contributed by atoms with Crippen LogP contribution in [0, 0.1) is 0 Å². The third-order valence-electron chi connectivity index (χ3n) is 2.25. The summed E-state index contributed by atoms with van der Waals surface area (Å²) in [4.78, 5) is 0. The van der Waals surface area contributed by atoms with Crippen LogP contribution in [-0.2, 0) is 6.54 Å². The Morgan fingerprint density at radius 1 is 1.00 bits per heavy atom. The van der Waals surface area contributed by atoms with Gasteiger partial charge in [-0.1, -0.05) is 42.5 Å². The molecule has 0 amide bonds. The average molecular weight is 252 g/mol. The van der Waals surface area contributed by atoms with Crippen LogP contribution in [0.2, 0.25) is 0 Å². The lowest BCUT2D eigenvalue weighted by molar-refractivity contribution is 0.824. The minimum absolute atomic E-state index is 0. The smallest absolute Gasteiger partial charge is 0.0208 e. The van der Waals surface area contributed by atoms with Crippen molar-refractivity contribution in [1.82, 2.24) is 5.32 Å². The Balaban J connectivity index is 0.000000980. The molecule has 2 aromatic rings. The molecule has 0 radical (unpaired) electrons. The third-order valence-corrected chi connectivity index (χ3v) is 2.25. The Bertz CT molecular complexity index is 406. The third kappa shape index (κ3) is 2.14. The highest BCUT2D eigenvalue weighted by Gasteiger charge is 1.97. The van der Waals surface area contributed by atoms with Gasteiger partial charge in [-0.2, -0.15) is 0 Å². The number of nitrogens with one attached hydrogen (secondary N) is 1. The second-order valence-electron chi connectivity index (χ2n) is 3.17. The first-order valence-electron chi connectivity index (χ1n) is 4.53. The molecule has 0 aliphatic rings. The molecule has 0 aliphatic heterocycles. The normalized spacial score (nSPS) is 9.79. The van der Waals surface area contributed by atoms with Gasteiger partial charge in [-0.25, -0.2) is 0 Å². The average Bonchev–Trinajstić information content (AvgIpc) is 2.19. The van der Waals surface area contributed by atoms with E-state index >= 15 is 0 Å². The highest BCUT2D eigenvalue weighted by molar-refractivity contribution is 8.93. The van der Waals surface area contributed by atoms with Crippen LogP contribution in [0.1, 0.15) is 5.56 Å². The minimum atomic E-state index is 0. The maximum atomic E-state index is 3.18. The van der Waals surface area contributed by atoms with E-state index in [9.17, 15) is 0 Å². The number of hydrogen-bond donors (Lipinski definition) is 1. The molecule has 2 rings (SSSR count). The van der Waals surface area contributed by atoms with Crippen LogP contribution in [0.5, 0.6) is 0 Å². The van der Waals surface area contributed by atoms with E-state index < -0.39 is 0 Å². The molecule has 1 nitrogen and oxygen atoms in total. The van der Waals surface area contributed by atoms with Crippen molar-refractivity contribution in [3.8, 4) is 0 Å². The quantitative estimate of drug-likeness (QED) is 0.865. The fourth-order valence-corrected chi connectivity index (χ4v) is 1.64. The van der Waals surface area contributed by atoms with Gasteiger partial charge in [0.25, 0.3) is 0 Å². The van der Waals surface area contributed by atoms with Crippen LogP contribution in [0.3, 0.4) is 0 Å². The van der Waals surface area contributed by atoms with Crippen molar-refractivity contribution in [3.63, 3.8) is 0 Å². The first-order valence-corrected chi connectivity index (χ1v) is 4.53. The molecule has 0 heterocycles. The van der Waals surface area contributed by atoms with Gasteiger partial charge in [0.1, 0.15) is 0 Å². The van der Waals surface area contributed by atoms with Crippen molar-refractivity contribution in [3.05, 3.63) is 48.0 Å². The molecule has 0 aliphatic carbocycles. The van der Waals surface area contributed by atoms with Gasteiger partial charge in [-0.3, -0.25) is 0 Å². The lowest BCUT2D eigenvalue weighted by atomic mass is 10.0. The molecule has 0 saturated carbocycles. The van der Waals surface area contributed by atoms with Gasteiger partial charge in [0, 0.05) is 6.54 Å². The molecule has 14 heavy (non-hydrogen) atoms. The second-order valence-corrected chi connectivity index (χ2v) is 3.17. The molecule has 0 fully saturated rings. The molecule has 0 unspecified atom stereocenters. The molecule has 0 spiro atoms. The van der Waals surface area contributed by atoms with Crippen LogP contribution in [0.25, 0.3) is 10.8 Å². The Labute approximate surface area is 94.9 Å². The highest BCUT2D eigenvalue weighted by atomic mass is 79.9. The SMILES string of the molecule is Br.CNCc1cccc2ccccc12. The zero-order valence-electron chi connectivity index (χ0n) is 8.16. The van der Waals surface area contributed by atoms with Crippen LogP contribution >= 0.6 is 17.0 Å². The summed E-state index contributed by atoms with van der Waals surface area (Å²) in [6.07, 6.45) is 0. The number of benzene rings is 2. The fraction of sp³-hybridized carbons (Fsp3) is 0.167. The van der Waals surface area contributed by atoms with Gasteiger partial charge in [0.05, 0.1) is 0 Å². The molecular weight excluding hydrogens is 238 g/mol. The molecule has 2 heteroatoms.